The van der Waals surface area contributed by atoms with Gasteiger partial charge in [0.1, 0.15) is 0 Å². The molecule has 3 aromatic heterocycles. The van der Waals surface area contributed by atoms with E-state index in [9.17, 15) is 4.79 Å². The number of urea groups is 1. The zero-order chi connectivity index (χ0) is 17.2. The van der Waals surface area contributed by atoms with Gasteiger partial charge < -0.3 is 10.6 Å². The zero-order valence-corrected chi connectivity index (χ0v) is 13.8. The highest BCUT2D eigenvalue weighted by Crippen LogP contribution is 2.08. The molecule has 3 rings (SSSR count). The molecule has 126 valence electrons. The van der Waals surface area contributed by atoms with Crippen LogP contribution in [0.15, 0.2) is 24.4 Å². The zero-order valence-electron chi connectivity index (χ0n) is 13.8. The van der Waals surface area contributed by atoms with Crippen molar-refractivity contribution in [1.29, 1.82) is 0 Å². The molecule has 0 aliphatic heterocycles. The molecule has 0 aromatic carbocycles. The van der Waals surface area contributed by atoms with E-state index >= 15 is 0 Å². The molecule has 0 saturated carbocycles. The van der Waals surface area contributed by atoms with Gasteiger partial charge in [-0.3, -0.25) is 4.40 Å². The molecule has 10 heteroatoms. The quantitative estimate of drug-likeness (QED) is 0.719. The summed E-state index contributed by atoms with van der Waals surface area (Å²) in [6, 6.07) is 5.27. The molecule has 0 aliphatic rings. The fourth-order valence-corrected chi connectivity index (χ4v) is 1.99. The molecule has 0 saturated heterocycles. The summed E-state index contributed by atoms with van der Waals surface area (Å²) in [4.78, 5) is 13.4. The molecule has 0 radical (unpaired) electrons. The lowest BCUT2D eigenvalue weighted by Gasteiger charge is -2.15. The van der Waals surface area contributed by atoms with E-state index in [1.165, 1.54) is 4.80 Å². The van der Waals surface area contributed by atoms with Crippen LogP contribution < -0.4 is 10.6 Å². The van der Waals surface area contributed by atoms with Crippen molar-refractivity contribution in [2.45, 2.75) is 39.4 Å². The highest BCUT2D eigenvalue weighted by Gasteiger charge is 2.17. The number of hydrogen-bond donors (Lipinski definition) is 2. The lowest BCUT2D eigenvalue weighted by atomic mass is 10.1. The van der Waals surface area contributed by atoms with Gasteiger partial charge in [-0.05, 0) is 38.1 Å². The average Bonchev–Trinajstić information content (AvgIpc) is 3.17. The molecule has 24 heavy (non-hydrogen) atoms. The van der Waals surface area contributed by atoms with Gasteiger partial charge in [0.15, 0.2) is 17.3 Å². The van der Waals surface area contributed by atoms with Gasteiger partial charge in [0.05, 0.1) is 18.6 Å². The molecule has 0 atom stereocenters. The van der Waals surface area contributed by atoms with E-state index in [-0.39, 0.29) is 24.7 Å². The normalized spacial score (nSPS) is 11.6. The molecule has 0 fully saturated rings. The summed E-state index contributed by atoms with van der Waals surface area (Å²) in [5, 5.41) is 25.6. The van der Waals surface area contributed by atoms with Crippen molar-refractivity contribution < 1.29 is 4.79 Å². The highest BCUT2D eigenvalue weighted by atomic mass is 16.2. The molecule has 2 N–H and O–H groups in total. The molecular weight excluding hydrogens is 310 g/mol. The van der Waals surface area contributed by atoms with Crippen LogP contribution in [0.4, 0.5) is 4.79 Å². The minimum atomic E-state index is -0.338. The van der Waals surface area contributed by atoms with Crippen LogP contribution in [0, 0.1) is 0 Å². The van der Waals surface area contributed by atoms with E-state index < -0.39 is 0 Å². The largest absolute Gasteiger partial charge is 0.331 e. The number of aromatic nitrogens is 7. The predicted octanol–water partition coefficient (Wildman–Crippen LogP) is 0.470. The molecule has 3 aromatic rings. The Labute approximate surface area is 138 Å². The molecule has 0 spiro atoms. The molecule has 0 aliphatic carbocycles. The van der Waals surface area contributed by atoms with Crippen molar-refractivity contribution in [1.82, 2.24) is 45.4 Å². The first-order valence-electron chi connectivity index (χ1n) is 7.53. The Morgan fingerprint density at radius 2 is 1.92 bits per heavy atom. The molecule has 10 nitrogen and oxygen atoms in total. The number of rotatable bonds is 4. The van der Waals surface area contributed by atoms with Crippen LogP contribution in [0.5, 0.6) is 0 Å². The van der Waals surface area contributed by atoms with Crippen molar-refractivity contribution in [3.63, 3.8) is 0 Å². The maximum atomic E-state index is 11.9. The summed E-state index contributed by atoms with van der Waals surface area (Å²) in [7, 11) is 0. The second kappa shape index (κ2) is 6.22. The number of amides is 2. The number of pyridine rings is 1. The number of hydrogen-bond acceptors (Lipinski definition) is 6. The van der Waals surface area contributed by atoms with Gasteiger partial charge in [-0.15, -0.1) is 20.4 Å². The fraction of sp³-hybridized carbons (Fsp3) is 0.429. The summed E-state index contributed by atoms with van der Waals surface area (Å²) in [6.07, 6.45) is 1.85. The fourth-order valence-electron chi connectivity index (χ4n) is 1.99. The van der Waals surface area contributed by atoms with E-state index in [1.807, 2.05) is 49.6 Å². The van der Waals surface area contributed by atoms with Crippen LogP contribution in [0.25, 0.3) is 5.65 Å². The first-order chi connectivity index (χ1) is 11.4. The van der Waals surface area contributed by atoms with E-state index in [0.29, 0.717) is 11.6 Å². The van der Waals surface area contributed by atoms with Crippen LogP contribution >= 0.6 is 0 Å². The van der Waals surface area contributed by atoms with Crippen LogP contribution in [0.3, 0.4) is 0 Å². The number of fused-ring (bicyclic) bond motifs is 1. The predicted molar refractivity (Wildman–Crippen MR) is 84.9 cm³/mol. The van der Waals surface area contributed by atoms with Gasteiger partial charge in [-0.2, -0.15) is 4.80 Å². The first-order valence-corrected chi connectivity index (χ1v) is 7.53. The molecule has 0 unspecified atom stereocenters. The van der Waals surface area contributed by atoms with Crippen molar-refractivity contribution in [3.05, 3.63) is 36.0 Å². The van der Waals surface area contributed by atoms with Gasteiger partial charge in [-0.25, -0.2) is 4.79 Å². The van der Waals surface area contributed by atoms with E-state index in [1.54, 1.807) is 0 Å². The van der Waals surface area contributed by atoms with E-state index in [2.05, 4.69) is 36.2 Å². The number of carbonyl (C=O) groups excluding carboxylic acids is 1. The number of nitrogens with zero attached hydrogens (tertiary/aromatic N) is 7. The summed E-state index contributed by atoms with van der Waals surface area (Å²) in [6.45, 7) is 6.38. The van der Waals surface area contributed by atoms with Gasteiger partial charge >= 0.3 is 6.03 Å². The van der Waals surface area contributed by atoms with Gasteiger partial charge in [0, 0.05) is 6.20 Å². The monoisotopic (exact) mass is 329 g/mol. The Bertz CT molecular complexity index is 845. The first kappa shape index (κ1) is 15.8. The van der Waals surface area contributed by atoms with Crippen LogP contribution in [0.2, 0.25) is 0 Å². The van der Waals surface area contributed by atoms with Gasteiger partial charge in [-0.1, -0.05) is 6.07 Å². The molecule has 2 amide bonds. The van der Waals surface area contributed by atoms with Gasteiger partial charge in [0.2, 0.25) is 0 Å². The molecule has 0 bridgehead atoms. The minimum Gasteiger partial charge on any atom is -0.331 e. The van der Waals surface area contributed by atoms with Crippen molar-refractivity contribution in [2.24, 2.45) is 0 Å². The van der Waals surface area contributed by atoms with Crippen LogP contribution in [-0.4, -0.2) is 40.8 Å². The standard InChI is InChI=1S/C14H19N9O/c1-14(2,3)23-20-10(17-21-23)8-15-13(24)16-9-12-19-18-11-6-4-5-7-22(11)12/h4-7H,8-9H2,1-3H3,(H2,15,16,24). The Kier molecular flexibility index (Phi) is 4.11. The average molecular weight is 329 g/mol. The Hall–Kier alpha value is -3.04. The number of nitrogens with one attached hydrogen (secondary N) is 2. The summed E-state index contributed by atoms with van der Waals surface area (Å²) >= 11 is 0. The lowest BCUT2D eigenvalue weighted by Crippen LogP contribution is -2.35. The second-order valence-electron chi connectivity index (χ2n) is 6.25. The topological polar surface area (TPSA) is 115 Å². The third-order valence-electron chi connectivity index (χ3n) is 3.25. The maximum Gasteiger partial charge on any atom is 0.315 e. The summed E-state index contributed by atoms with van der Waals surface area (Å²) in [5.41, 5.74) is 0.486. The highest BCUT2D eigenvalue weighted by molar-refractivity contribution is 5.73. The van der Waals surface area contributed by atoms with Crippen molar-refractivity contribution >= 4 is 11.7 Å². The second-order valence-corrected chi connectivity index (χ2v) is 6.25. The lowest BCUT2D eigenvalue weighted by molar-refractivity contribution is 0.239. The minimum absolute atomic E-state index is 0.197. The van der Waals surface area contributed by atoms with Gasteiger partial charge in [0.25, 0.3) is 0 Å². The third kappa shape index (κ3) is 3.47. The molecular formula is C14H19N9O. The Morgan fingerprint density at radius 3 is 2.67 bits per heavy atom. The molecule has 3 heterocycles. The SMILES string of the molecule is CC(C)(C)n1nnc(CNC(=O)NCc2nnc3ccccn23)n1. The summed E-state index contributed by atoms with van der Waals surface area (Å²) < 4.78 is 1.82. The van der Waals surface area contributed by atoms with Crippen LogP contribution in [0.1, 0.15) is 32.4 Å². The smallest absolute Gasteiger partial charge is 0.315 e. The Morgan fingerprint density at radius 1 is 1.12 bits per heavy atom. The maximum absolute atomic E-state index is 11.9. The van der Waals surface area contributed by atoms with E-state index in [0.717, 1.165) is 5.65 Å². The summed E-state index contributed by atoms with van der Waals surface area (Å²) in [5.74, 6) is 1.10. The Balaban J connectivity index is 1.52. The van der Waals surface area contributed by atoms with E-state index in [4.69, 9.17) is 0 Å². The third-order valence-corrected chi connectivity index (χ3v) is 3.25. The van der Waals surface area contributed by atoms with Crippen molar-refractivity contribution in [3.8, 4) is 0 Å². The van der Waals surface area contributed by atoms with Crippen molar-refractivity contribution in [2.75, 3.05) is 0 Å². The number of tetrazole rings is 1. The van der Waals surface area contributed by atoms with Crippen LogP contribution in [-0.2, 0) is 18.6 Å². The number of carbonyl (C=O) groups is 1.